The monoisotopic (exact) mass is 262 g/mol. The predicted molar refractivity (Wildman–Crippen MR) is 84.3 cm³/mol. The Kier molecular flexibility index (Phi) is 5.57. The van der Waals surface area contributed by atoms with Crippen molar-refractivity contribution in [2.75, 3.05) is 7.05 Å². The van der Waals surface area contributed by atoms with Gasteiger partial charge in [0, 0.05) is 11.6 Å². The Labute approximate surface area is 119 Å². The van der Waals surface area contributed by atoms with Crippen molar-refractivity contribution >= 4 is 0 Å². The maximum atomic E-state index is 6.43. The molecule has 1 aromatic rings. The molecule has 1 aromatic carbocycles. The Morgan fingerprint density at radius 3 is 2.26 bits per heavy atom. The van der Waals surface area contributed by atoms with E-state index in [1.165, 1.54) is 11.1 Å². The minimum atomic E-state index is 0.153. The number of nitrogens with two attached hydrogens (primary N) is 1. The van der Waals surface area contributed by atoms with Gasteiger partial charge in [0.05, 0.1) is 6.04 Å². The van der Waals surface area contributed by atoms with Gasteiger partial charge >= 0.3 is 0 Å². The number of nitrogens with zero attached hydrogens (tertiary/aromatic N) is 1. The molecule has 0 fully saturated rings. The molecule has 0 saturated heterocycles. The number of likely N-dealkylation sites (N-methyl/N-ethyl adjacent to an activating group) is 1. The molecule has 0 heterocycles. The highest BCUT2D eigenvalue weighted by Gasteiger charge is 2.32. The van der Waals surface area contributed by atoms with Crippen LogP contribution in [-0.4, -0.2) is 23.5 Å². The lowest BCUT2D eigenvalue weighted by Crippen LogP contribution is -2.49. The van der Waals surface area contributed by atoms with Crippen molar-refractivity contribution in [3.05, 3.63) is 35.4 Å². The van der Waals surface area contributed by atoms with E-state index in [0.717, 1.165) is 12.8 Å². The number of aryl methyl sites for hydroxylation is 1. The summed E-state index contributed by atoms with van der Waals surface area (Å²) in [6.45, 7) is 11.2. The molecular formula is C17H30N2. The predicted octanol–water partition coefficient (Wildman–Crippen LogP) is 3.89. The van der Waals surface area contributed by atoms with E-state index in [4.69, 9.17) is 5.73 Å². The molecule has 0 aliphatic carbocycles. The second kappa shape index (κ2) is 6.53. The van der Waals surface area contributed by atoms with Crippen LogP contribution in [-0.2, 0) is 0 Å². The van der Waals surface area contributed by atoms with Crippen molar-refractivity contribution in [1.82, 2.24) is 4.90 Å². The third-order valence-corrected chi connectivity index (χ3v) is 4.62. The highest BCUT2D eigenvalue weighted by atomic mass is 15.2. The Balaban J connectivity index is 3.20. The maximum absolute atomic E-state index is 6.43. The van der Waals surface area contributed by atoms with Gasteiger partial charge in [-0.3, -0.25) is 4.90 Å². The second-order valence-corrected chi connectivity index (χ2v) is 6.15. The van der Waals surface area contributed by atoms with Crippen molar-refractivity contribution in [1.29, 1.82) is 0 Å². The number of hydrogen-bond donors (Lipinski definition) is 1. The first-order valence-electron chi connectivity index (χ1n) is 7.39. The van der Waals surface area contributed by atoms with Crippen LogP contribution in [0.25, 0.3) is 0 Å². The highest BCUT2D eigenvalue weighted by Crippen LogP contribution is 2.33. The van der Waals surface area contributed by atoms with Crippen molar-refractivity contribution < 1.29 is 0 Å². The van der Waals surface area contributed by atoms with Gasteiger partial charge in [-0.15, -0.1) is 0 Å². The van der Waals surface area contributed by atoms with Crippen LogP contribution < -0.4 is 5.73 Å². The number of hydrogen-bond acceptors (Lipinski definition) is 2. The fraction of sp³-hybridized carbons (Fsp3) is 0.647. The van der Waals surface area contributed by atoms with Gasteiger partial charge in [0.1, 0.15) is 0 Å². The van der Waals surface area contributed by atoms with E-state index >= 15 is 0 Å². The van der Waals surface area contributed by atoms with Gasteiger partial charge in [-0.1, -0.05) is 38.1 Å². The van der Waals surface area contributed by atoms with Gasteiger partial charge in [-0.25, -0.2) is 0 Å². The van der Waals surface area contributed by atoms with Crippen LogP contribution >= 0.6 is 0 Å². The molecule has 108 valence electrons. The van der Waals surface area contributed by atoms with Crippen molar-refractivity contribution in [2.45, 2.75) is 65.1 Å². The van der Waals surface area contributed by atoms with Gasteiger partial charge in [-0.2, -0.15) is 0 Å². The molecule has 0 aliphatic heterocycles. The minimum Gasteiger partial charge on any atom is -0.326 e. The molecule has 1 rings (SSSR count). The van der Waals surface area contributed by atoms with Crippen LogP contribution in [0.15, 0.2) is 24.3 Å². The third kappa shape index (κ3) is 3.58. The zero-order valence-electron chi connectivity index (χ0n) is 13.4. The quantitative estimate of drug-likeness (QED) is 0.842. The fourth-order valence-corrected chi connectivity index (χ4v) is 2.49. The molecule has 2 unspecified atom stereocenters. The van der Waals surface area contributed by atoms with Crippen molar-refractivity contribution in [3.63, 3.8) is 0 Å². The largest absolute Gasteiger partial charge is 0.326 e. The van der Waals surface area contributed by atoms with Crippen molar-refractivity contribution in [2.24, 2.45) is 5.73 Å². The van der Waals surface area contributed by atoms with E-state index in [1.807, 2.05) is 0 Å². The molecule has 0 aliphatic rings. The van der Waals surface area contributed by atoms with Gasteiger partial charge < -0.3 is 5.73 Å². The first-order chi connectivity index (χ1) is 8.85. The highest BCUT2D eigenvalue weighted by molar-refractivity contribution is 5.30. The molecule has 0 bridgehead atoms. The van der Waals surface area contributed by atoms with E-state index in [-0.39, 0.29) is 17.6 Å². The molecule has 0 spiro atoms. The van der Waals surface area contributed by atoms with Gasteiger partial charge in [0.25, 0.3) is 0 Å². The molecule has 0 radical (unpaired) electrons. The lowest BCUT2D eigenvalue weighted by atomic mass is 9.88. The summed E-state index contributed by atoms with van der Waals surface area (Å²) in [5.74, 6) is 0. The molecule has 2 nitrogen and oxygen atoms in total. The van der Waals surface area contributed by atoms with Crippen LogP contribution in [0.2, 0.25) is 0 Å². The van der Waals surface area contributed by atoms with E-state index in [1.54, 1.807) is 0 Å². The summed E-state index contributed by atoms with van der Waals surface area (Å²) in [6.07, 6.45) is 2.10. The summed E-state index contributed by atoms with van der Waals surface area (Å²) >= 11 is 0. The first kappa shape index (κ1) is 16.2. The smallest absolute Gasteiger partial charge is 0.0503 e. The van der Waals surface area contributed by atoms with Crippen LogP contribution in [0.5, 0.6) is 0 Å². The molecule has 2 N–H and O–H groups in total. The third-order valence-electron chi connectivity index (χ3n) is 4.62. The molecular weight excluding hydrogens is 232 g/mol. The van der Waals surface area contributed by atoms with E-state index in [0.29, 0.717) is 0 Å². The van der Waals surface area contributed by atoms with Crippen LogP contribution in [0, 0.1) is 6.92 Å². The molecule has 0 amide bonds. The average molecular weight is 262 g/mol. The summed E-state index contributed by atoms with van der Waals surface area (Å²) < 4.78 is 0. The molecule has 0 aromatic heterocycles. The summed E-state index contributed by atoms with van der Waals surface area (Å²) in [7, 11) is 2.20. The van der Waals surface area contributed by atoms with E-state index in [9.17, 15) is 0 Å². The zero-order valence-corrected chi connectivity index (χ0v) is 13.4. The zero-order chi connectivity index (χ0) is 14.6. The Morgan fingerprint density at radius 2 is 1.79 bits per heavy atom. The normalized spacial score (nSPS) is 15.6. The van der Waals surface area contributed by atoms with Crippen molar-refractivity contribution in [3.8, 4) is 0 Å². The number of benzene rings is 1. The SMILES string of the molecule is CCC(N)C(c1ccccc1C)N(C)C(C)(C)CC. The summed E-state index contributed by atoms with van der Waals surface area (Å²) in [4.78, 5) is 2.45. The lowest BCUT2D eigenvalue weighted by molar-refractivity contribution is 0.0803. The first-order valence-corrected chi connectivity index (χ1v) is 7.39. The van der Waals surface area contributed by atoms with Gasteiger partial charge in [-0.05, 0) is 51.8 Å². The Morgan fingerprint density at radius 1 is 1.21 bits per heavy atom. The standard InChI is InChI=1S/C17H30N2/c1-7-15(18)16(19(6)17(4,5)8-2)14-12-10-9-11-13(14)3/h9-12,15-16H,7-8,18H2,1-6H3. The molecule has 0 saturated carbocycles. The van der Waals surface area contributed by atoms with E-state index < -0.39 is 0 Å². The average Bonchev–Trinajstić information content (AvgIpc) is 2.40. The second-order valence-electron chi connectivity index (χ2n) is 6.15. The summed E-state index contributed by atoms with van der Waals surface area (Å²) in [5.41, 5.74) is 9.27. The van der Waals surface area contributed by atoms with Crippen LogP contribution in [0.4, 0.5) is 0 Å². The molecule has 2 atom stereocenters. The summed E-state index contributed by atoms with van der Waals surface area (Å²) in [5, 5.41) is 0. The van der Waals surface area contributed by atoms with E-state index in [2.05, 4.69) is 70.8 Å². The Bertz CT molecular complexity index is 398. The fourth-order valence-electron chi connectivity index (χ4n) is 2.49. The van der Waals surface area contributed by atoms with Crippen LogP contribution in [0.1, 0.15) is 57.7 Å². The maximum Gasteiger partial charge on any atom is 0.0503 e. The molecule has 19 heavy (non-hydrogen) atoms. The van der Waals surface area contributed by atoms with Crippen LogP contribution in [0.3, 0.4) is 0 Å². The topological polar surface area (TPSA) is 29.3 Å². The lowest BCUT2D eigenvalue weighted by Gasteiger charge is -2.43. The van der Waals surface area contributed by atoms with Gasteiger partial charge in [0.2, 0.25) is 0 Å². The summed E-state index contributed by atoms with van der Waals surface area (Å²) in [6, 6.07) is 9.05. The Hall–Kier alpha value is -0.860. The number of rotatable bonds is 6. The van der Waals surface area contributed by atoms with Gasteiger partial charge in [0.15, 0.2) is 0 Å². The minimum absolute atomic E-state index is 0.153. The molecule has 2 heteroatoms.